The maximum Gasteiger partial charge on any atom is 0.191 e. The van der Waals surface area contributed by atoms with Crippen LogP contribution in [0, 0.1) is 17.1 Å². The minimum atomic E-state index is -0.419. The molecule has 166 valence electrons. The summed E-state index contributed by atoms with van der Waals surface area (Å²) in [5, 5.41) is 15.2. The largest absolute Gasteiger partial charge is 0.493 e. The molecule has 6 nitrogen and oxygen atoms in total. The van der Waals surface area contributed by atoms with E-state index < -0.39 is 5.82 Å². The van der Waals surface area contributed by atoms with E-state index in [-0.39, 0.29) is 36.6 Å². The highest BCUT2D eigenvalue weighted by Gasteiger charge is 2.20. The molecule has 2 aromatic rings. The SMILES string of the molecule is CN=C(NCc1ccc(C#N)cc1F)NCc1cccc(OC)c1OC1CCCC1.I. The summed E-state index contributed by atoms with van der Waals surface area (Å²) in [7, 11) is 3.30. The van der Waals surface area contributed by atoms with Gasteiger partial charge < -0.3 is 20.1 Å². The van der Waals surface area contributed by atoms with E-state index >= 15 is 0 Å². The van der Waals surface area contributed by atoms with Crippen LogP contribution < -0.4 is 20.1 Å². The summed E-state index contributed by atoms with van der Waals surface area (Å²) in [6.45, 7) is 0.732. The molecule has 0 atom stereocenters. The van der Waals surface area contributed by atoms with Gasteiger partial charge in [0.1, 0.15) is 5.82 Å². The van der Waals surface area contributed by atoms with Crippen LogP contribution in [-0.4, -0.2) is 26.2 Å². The number of nitrogens with one attached hydrogen (secondary N) is 2. The highest BCUT2D eigenvalue weighted by molar-refractivity contribution is 14.0. The molecule has 0 saturated heterocycles. The highest BCUT2D eigenvalue weighted by Crippen LogP contribution is 2.34. The van der Waals surface area contributed by atoms with Crippen LogP contribution >= 0.6 is 24.0 Å². The predicted molar refractivity (Wildman–Crippen MR) is 129 cm³/mol. The van der Waals surface area contributed by atoms with Crippen LogP contribution in [0.1, 0.15) is 42.4 Å². The first-order chi connectivity index (χ1) is 14.6. The van der Waals surface area contributed by atoms with Gasteiger partial charge in [0.2, 0.25) is 0 Å². The number of benzene rings is 2. The minimum absolute atomic E-state index is 0. The maximum absolute atomic E-state index is 14.1. The van der Waals surface area contributed by atoms with Crippen molar-refractivity contribution in [2.75, 3.05) is 14.2 Å². The first-order valence-electron chi connectivity index (χ1n) is 10.1. The van der Waals surface area contributed by atoms with E-state index in [4.69, 9.17) is 14.7 Å². The first kappa shape index (κ1) is 24.7. The second kappa shape index (κ2) is 12.3. The third kappa shape index (κ3) is 6.72. The van der Waals surface area contributed by atoms with Crippen LogP contribution in [0.3, 0.4) is 0 Å². The lowest BCUT2D eigenvalue weighted by molar-refractivity contribution is 0.198. The second-order valence-electron chi connectivity index (χ2n) is 7.17. The fourth-order valence-corrected chi connectivity index (χ4v) is 3.51. The number of methoxy groups -OCH3 is 1. The van der Waals surface area contributed by atoms with Crippen molar-refractivity contribution in [3.05, 3.63) is 58.9 Å². The van der Waals surface area contributed by atoms with Crippen molar-refractivity contribution < 1.29 is 13.9 Å². The number of nitriles is 1. The second-order valence-corrected chi connectivity index (χ2v) is 7.17. The molecule has 3 rings (SSSR count). The van der Waals surface area contributed by atoms with E-state index in [1.54, 1.807) is 26.3 Å². The molecule has 1 aliphatic rings. The number of ether oxygens (including phenoxy) is 2. The van der Waals surface area contributed by atoms with Gasteiger partial charge in [-0.05, 0) is 43.9 Å². The molecule has 0 bridgehead atoms. The molecule has 1 aliphatic carbocycles. The van der Waals surface area contributed by atoms with Gasteiger partial charge in [-0.15, -0.1) is 24.0 Å². The molecule has 1 fully saturated rings. The first-order valence-corrected chi connectivity index (χ1v) is 10.1. The van der Waals surface area contributed by atoms with Crippen molar-refractivity contribution >= 4 is 29.9 Å². The van der Waals surface area contributed by atoms with Crippen molar-refractivity contribution in [1.82, 2.24) is 10.6 Å². The number of hydrogen-bond acceptors (Lipinski definition) is 4. The molecular formula is C23H28FIN4O2. The Labute approximate surface area is 199 Å². The van der Waals surface area contributed by atoms with Crippen LogP contribution in [0.2, 0.25) is 0 Å². The molecule has 0 amide bonds. The Morgan fingerprint density at radius 1 is 1.16 bits per heavy atom. The number of rotatable bonds is 7. The summed E-state index contributed by atoms with van der Waals surface area (Å²) >= 11 is 0. The van der Waals surface area contributed by atoms with E-state index in [1.807, 2.05) is 24.3 Å². The van der Waals surface area contributed by atoms with Crippen LogP contribution in [0.15, 0.2) is 41.4 Å². The Morgan fingerprint density at radius 3 is 2.48 bits per heavy atom. The van der Waals surface area contributed by atoms with Gasteiger partial charge in [0.05, 0.1) is 24.8 Å². The molecule has 8 heteroatoms. The van der Waals surface area contributed by atoms with Crippen LogP contribution in [-0.2, 0) is 13.1 Å². The predicted octanol–water partition coefficient (Wildman–Crippen LogP) is 4.51. The molecule has 0 heterocycles. The average Bonchev–Trinajstić information content (AvgIpc) is 3.28. The van der Waals surface area contributed by atoms with E-state index in [0.29, 0.717) is 29.4 Å². The molecule has 2 aromatic carbocycles. The van der Waals surface area contributed by atoms with Crippen LogP contribution in [0.4, 0.5) is 4.39 Å². The molecule has 0 aliphatic heterocycles. The van der Waals surface area contributed by atoms with E-state index in [9.17, 15) is 4.39 Å². The molecule has 0 spiro atoms. The molecular weight excluding hydrogens is 510 g/mol. The number of nitrogens with zero attached hydrogens (tertiary/aromatic N) is 2. The molecule has 31 heavy (non-hydrogen) atoms. The van der Waals surface area contributed by atoms with Crippen LogP contribution in [0.5, 0.6) is 11.5 Å². The smallest absolute Gasteiger partial charge is 0.191 e. The lowest BCUT2D eigenvalue weighted by Crippen LogP contribution is -2.36. The summed E-state index contributed by atoms with van der Waals surface area (Å²) in [4.78, 5) is 4.20. The number of halogens is 2. The van der Waals surface area contributed by atoms with Gasteiger partial charge >= 0.3 is 0 Å². The van der Waals surface area contributed by atoms with Crippen LogP contribution in [0.25, 0.3) is 0 Å². The maximum atomic E-state index is 14.1. The van der Waals surface area contributed by atoms with Crippen molar-refractivity contribution in [3.8, 4) is 17.6 Å². The van der Waals surface area contributed by atoms with Crippen molar-refractivity contribution in [1.29, 1.82) is 5.26 Å². The Hall–Kier alpha value is -2.54. The van der Waals surface area contributed by atoms with Gasteiger partial charge in [0, 0.05) is 31.3 Å². The van der Waals surface area contributed by atoms with Gasteiger partial charge in [-0.3, -0.25) is 4.99 Å². The Kier molecular flexibility index (Phi) is 9.85. The normalized spacial score (nSPS) is 13.8. The molecule has 0 radical (unpaired) electrons. The number of aliphatic imine (C=N–C) groups is 1. The quantitative estimate of drug-likeness (QED) is 0.308. The summed E-state index contributed by atoms with van der Waals surface area (Å²) in [5.41, 5.74) is 1.73. The third-order valence-electron chi connectivity index (χ3n) is 5.17. The van der Waals surface area contributed by atoms with Crippen molar-refractivity contribution in [2.45, 2.75) is 44.9 Å². The third-order valence-corrected chi connectivity index (χ3v) is 5.17. The lowest BCUT2D eigenvalue weighted by atomic mass is 10.1. The zero-order chi connectivity index (χ0) is 21.3. The summed E-state index contributed by atoms with van der Waals surface area (Å²) in [6.07, 6.45) is 4.72. The summed E-state index contributed by atoms with van der Waals surface area (Å²) < 4.78 is 25.9. The molecule has 0 aromatic heterocycles. The highest BCUT2D eigenvalue weighted by atomic mass is 127. The monoisotopic (exact) mass is 538 g/mol. The Balaban J connectivity index is 0.00000341. The number of guanidine groups is 1. The topological polar surface area (TPSA) is 78.7 Å². The van der Waals surface area contributed by atoms with Gasteiger partial charge in [0.15, 0.2) is 17.5 Å². The zero-order valence-corrected chi connectivity index (χ0v) is 20.1. The zero-order valence-electron chi connectivity index (χ0n) is 17.8. The molecule has 0 unspecified atom stereocenters. The fraction of sp³-hybridized carbons (Fsp3) is 0.391. The van der Waals surface area contributed by atoms with Gasteiger partial charge in [0.25, 0.3) is 0 Å². The van der Waals surface area contributed by atoms with Crippen molar-refractivity contribution in [3.63, 3.8) is 0 Å². The van der Waals surface area contributed by atoms with Gasteiger partial charge in [-0.1, -0.05) is 18.2 Å². The Morgan fingerprint density at radius 2 is 1.87 bits per heavy atom. The average molecular weight is 538 g/mol. The number of hydrogen-bond donors (Lipinski definition) is 2. The van der Waals surface area contributed by atoms with E-state index in [0.717, 1.165) is 24.2 Å². The summed E-state index contributed by atoms with van der Waals surface area (Å²) in [6, 6.07) is 12.2. The minimum Gasteiger partial charge on any atom is -0.493 e. The standard InChI is InChI=1S/C23H27FN4O2.HI/c1-26-23(27-14-17-11-10-16(13-25)12-20(17)24)28-15-18-6-5-9-21(29-2)22(18)30-19-7-3-4-8-19;/h5-6,9-12,19H,3-4,7-8,14-15H2,1-2H3,(H2,26,27,28);1H. The lowest BCUT2D eigenvalue weighted by Gasteiger charge is -2.20. The molecule has 1 saturated carbocycles. The van der Waals surface area contributed by atoms with Gasteiger partial charge in [-0.25, -0.2) is 4.39 Å². The van der Waals surface area contributed by atoms with Crippen molar-refractivity contribution in [2.24, 2.45) is 4.99 Å². The van der Waals surface area contributed by atoms with Gasteiger partial charge in [-0.2, -0.15) is 5.26 Å². The van der Waals surface area contributed by atoms with E-state index in [2.05, 4.69) is 15.6 Å². The summed E-state index contributed by atoms with van der Waals surface area (Å²) in [5.74, 6) is 1.59. The van der Waals surface area contributed by atoms with E-state index in [1.165, 1.54) is 18.9 Å². The number of para-hydroxylation sites is 1. The Bertz CT molecular complexity index is 940. The fourth-order valence-electron chi connectivity index (χ4n) is 3.51. The molecule has 2 N–H and O–H groups in total.